The minimum Gasteiger partial charge on any atom is -0.497 e. The number of aliphatic hydroxyl groups excluding tert-OH is 1. The Morgan fingerprint density at radius 1 is 1.04 bits per heavy atom. The lowest BCUT2D eigenvalue weighted by atomic mass is 9.99. The molecule has 0 amide bonds. The molecule has 0 bridgehead atoms. The van der Waals surface area contributed by atoms with Crippen LogP contribution >= 0.6 is 0 Å². The molecule has 2 aromatic rings. The van der Waals surface area contributed by atoms with E-state index in [-0.39, 0.29) is 0 Å². The zero-order chi connectivity index (χ0) is 16.8. The molecule has 1 fully saturated rings. The van der Waals surface area contributed by atoms with Crippen LogP contribution in [0, 0.1) is 0 Å². The fraction of sp³-hybridized carbons (Fsp3) is 0.429. The van der Waals surface area contributed by atoms with Gasteiger partial charge in [0.1, 0.15) is 5.75 Å². The van der Waals surface area contributed by atoms with Gasteiger partial charge in [-0.15, -0.1) is 0 Å². The van der Waals surface area contributed by atoms with E-state index in [1.807, 2.05) is 42.5 Å². The Hall–Kier alpha value is -1.84. The van der Waals surface area contributed by atoms with Crippen molar-refractivity contribution in [1.29, 1.82) is 0 Å². The van der Waals surface area contributed by atoms with Crippen LogP contribution in [0.5, 0.6) is 5.75 Å². The molecule has 2 aromatic carbocycles. The maximum atomic E-state index is 10.6. The highest BCUT2D eigenvalue weighted by Crippen LogP contribution is 2.32. The first-order valence-electron chi connectivity index (χ1n) is 8.89. The van der Waals surface area contributed by atoms with E-state index in [2.05, 4.69) is 17.0 Å². The lowest BCUT2D eigenvalue weighted by Gasteiger charge is -2.32. The topological polar surface area (TPSA) is 32.7 Å². The van der Waals surface area contributed by atoms with Gasteiger partial charge in [-0.25, -0.2) is 0 Å². The smallest absolute Gasteiger partial charge is 0.118 e. The first-order chi connectivity index (χ1) is 11.8. The molecule has 0 aliphatic carbocycles. The number of aliphatic hydroxyl groups is 1. The van der Waals surface area contributed by atoms with Crippen LogP contribution in [0.15, 0.2) is 54.6 Å². The zero-order valence-corrected chi connectivity index (χ0v) is 14.4. The highest BCUT2D eigenvalue weighted by molar-refractivity contribution is 5.29. The molecule has 2 atom stereocenters. The van der Waals surface area contributed by atoms with Gasteiger partial charge in [-0.2, -0.15) is 0 Å². The molecule has 3 heteroatoms. The number of hydrogen-bond donors (Lipinski definition) is 1. The molecule has 0 saturated carbocycles. The van der Waals surface area contributed by atoms with E-state index < -0.39 is 6.10 Å². The SMILES string of the molecule is COc1ccc([C@H]2CCCCCN2C[C@@H](O)c2ccccc2)cc1. The Labute approximate surface area is 144 Å². The van der Waals surface area contributed by atoms with Crippen molar-refractivity contribution in [2.45, 2.75) is 37.8 Å². The van der Waals surface area contributed by atoms with Crippen molar-refractivity contribution in [3.05, 3.63) is 65.7 Å². The van der Waals surface area contributed by atoms with E-state index in [0.717, 1.165) is 24.3 Å². The van der Waals surface area contributed by atoms with E-state index in [4.69, 9.17) is 4.74 Å². The van der Waals surface area contributed by atoms with Gasteiger partial charge in [0.25, 0.3) is 0 Å². The molecule has 0 aromatic heterocycles. The number of β-amino-alcohol motifs (C(OH)–C–C–N with tert-alkyl or cyclic N) is 1. The van der Waals surface area contributed by atoms with Gasteiger partial charge in [0, 0.05) is 12.6 Å². The van der Waals surface area contributed by atoms with Crippen LogP contribution in [0.25, 0.3) is 0 Å². The number of hydrogen-bond acceptors (Lipinski definition) is 3. The van der Waals surface area contributed by atoms with Crippen LogP contribution in [-0.2, 0) is 0 Å². The van der Waals surface area contributed by atoms with Crippen molar-refractivity contribution < 1.29 is 9.84 Å². The largest absolute Gasteiger partial charge is 0.497 e. The molecule has 3 rings (SSSR count). The number of methoxy groups -OCH3 is 1. The Morgan fingerprint density at radius 3 is 2.50 bits per heavy atom. The highest BCUT2D eigenvalue weighted by atomic mass is 16.5. The van der Waals surface area contributed by atoms with Crippen LogP contribution in [0.4, 0.5) is 0 Å². The Bertz CT molecular complexity index is 611. The van der Waals surface area contributed by atoms with Crippen LogP contribution in [0.2, 0.25) is 0 Å². The number of nitrogens with zero attached hydrogens (tertiary/aromatic N) is 1. The van der Waals surface area contributed by atoms with Gasteiger partial charge in [0.15, 0.2) is 0 Å². The standard InChI is InChI=1S/C21H27NO2/c1-24-19-13-11-17(12-14-19)20-10-6-3-7-15-22(20)16-21(23)18-8-4-2-5-9-18/h2,4-5,8-9,11-14,20-21,23H,3,6-7,10,15-16H2,1H3/t20-,21-/m1/s1. The minimum atomic E-state index is -0.440. The fourth-order valence-electron chi connectivity index (χ4n) is 3.59. The van der Waals surface area contributed by atoms with Crippen LogP contribution in [0.3, 0.4) is 0 Å². The summed E-state index contributed by atoms with van der Waals surface area (Å²) in [6.45, 7) is 1.72. The molecule has 0 spiro atoms. The van der Waals surface area contributed by atoms with Crippen molar-refractivity contribution in [1.82, 2.24) is 4.90 Å². The maximum absolute atomic E-state index is 10.6. The predicted molar refractivity (Wildman–Crippen MR) is 97.2 cm³/mol. The molecule has 1 aliphatic heterocycles. The van der Waals surface area contributed by atoms with E-state index in [1.165, 1.54) is 24.8 Å². The Balaban J connectivity index is 1.76. The van der Waals surface area contributed by atoms with Gasteiger partial charge in [-0.05, 0) is 42.6 Å². The monoisotopic (exact) mass is 325 g/mol. The first-order valence-corrected chi connectivity index (χ1v) is 8.89. The number of benzene rings is 2. The van der Waals surface area contributed by atoms with Crippen LogP contribution in [-0.4, -0.2) is 30.2 Å². The average molecular weight is 325 g/mol. The van der Waals surface area contributed by atoms with Crippen molar-refractivity contribution in [3.8, 4) is 5.75 Å². The Morgan fingerprint density at radius 2 is 1.79 bits per heavy atom. The van der Waals surface area contributed by atoms with Crippen molar-refractivity contribution >= 4 is 0 Å². The van der Waals surface area contributed by atoms with Gasteiger partial charge in [0.05, 0.1) is 13.2 Å². The molecule has 0 radical (unpaired) electrons. The van der Waals surface area contributed by atoms with Crippen molar-refractivity contribution in [2.24, 2.45) is 0 Å². The summed E-state index contributed by atoms with van der Waals surface area (Å²) < 4.78 is 5.28. The summed E-state index contributed by atoms with van der Waals surface area (Å²) in [7, 11) is 1.70. The minimum absolute atomic E-state index is 0.372. The second kappa shape index (κ2) is 8.32. The fourth-order valence-corrected chi connectivity index (χ4v) is 3.59. The molecule has 1 aliphatic rings. The van der Waals surface area contributed by atoms with E-state index in [1.54, 1.807) is 7.11 Å². The summed E-state index contributed by atoms with van der Waals surface area (Å²) in [6.07, 6.45) is 4.42. The molecular formula is C21H27NO2. The second-order valence-electron chi connectivity index (χ2n) is 6.56. The summed E-state index contributed by atoms with van der Waals surface area (Å²) >= 11 is 0. The van der Waals surface area contributed by atoms with E-state index in [0.29, 0.717) is 12.6 Å². The summed E-state index contributed by atoms with van der Waals surface area (Å²) in [5.41, 5.74) is 2.31. The van der Waals surface area contributed by atoms with Crippen LogP contribution in [0.1, 0.15) is 49.0 Å². The number of ether oxygens (including phenoxy) is 1. The van der Waals surface area contributed by atoms with Gasteiger partial charge >= 0.3 is 0 Å². The quantitative estimate of drug-likeness (QED) is 0.887. The van der Waals surface area contributed by atoms with Crippen LogP contribution < -0.4 is 4.74 Å². The highest BCUT2D eigenvalue weighted by Gasteiger charge is 2.25. The summed E-state index contributed by atoms with van der Waals surface area (Å²) in [5.74, 6) is 0.892. The molecule has 1 saturated heterocycles. The lowest BCUT2D eigenvalue weighted by molar-refractivity contribution is 0.0877. The Kier molecular flexibility index (Phi) is 5.89. The maximum Gasteiger partial charge on any atom is 0.118 e. The van der Waals surface area contributed by atoms with E-state index >= 15 is 0 Å². The van der Waals surface area contributed by atoms with Gasteiger partial charge < -0.3 is 9.84 Å². The molecule has 3 nitrogen and oxygen atoms in total. The van der Waals surface area contributed by atoms with E-state index in [9.17, 15) is 5.11 Å². The molecule has 24 heavy (non-hydrogen) atoms. The first kappa shape index (κ1) is 17.0. The molecule has 128 valence electrons. The van der Waals surface area contributed by atoms with Gasteiger partial charge in [-0.1, -0.05) is 55.3 Å². The summed E-state index contributed by atoms with van der Waals surface area (Å²) in [6, 6.07) is 18.7. The normalized spacial score (nSPS) is 20.3. The van der Waals surface area contributed by atoms with Crippen molar-refractivity contribution in [3.63, 3.8) is 0 Å². The molecule has 0 unspecified atom stereocenters. The predicted octanol–water partition coefficient (Wildman–Crippen LogP) is 4.35. The lowest BCUT2D eigenvalue weighted by Crippen LogP contribution is -2.32. The van der Waals surface area contributed by atoms with Gasteiger partial charge in [-0.3, -0.25) is 4.90 Å². The molecular weight excluding hydrogens is 298 g/mol. The average Bonchev–Trinajstić information content (AvgIpc) is 2.88. The third-order valence-corrected chi connectivity index (χ3v) is 4.96. The summed E-state index contributed by atoms with van der Waals surface area (Å²) in [5, 5.41) is 10.6. The zero-order valence-electron chi connectivity index (χ0n) is 14.4. The van der Waals surface area contributed by atoms with Crippen molar-refractivity contribution in [2.75, 3.05) is 20.2 Å². The molecule has 1 N–H and O–H groups in total. The third kappa shape index (κ3) is 4.16. The van der Waals surface area contributed by atoms with Gasteiger partial charge in [0.2, 0.25) is 0 Å². The number of likely N-dealkylation sites (tertiary alicyclic amines) is 1. The summed E-state index contributed by atoms with van der Waals surface area (Å²) in [4.78, 5) is 2.45. The third-order valence-electron chi connectivity index (χ3n) is 4.96. The second-order valence-corrected chi connectivity index (χ2v) is 6.56. The molecule has 1 heterocycles. The number of rotatable bonds is 5.